The Bertz CT molecular complexity index is 1610. The summed E-state index contributed by atoms with van der Waals surface area (Å²) in [4.78, 5) is 0. The molecule has 3 aromatic carbocycles. The first-order valence-corrected chi connectivity index (χ1v) is 19.6. The fourth-order valence-corrected chi connectivity index (χ4v) is 6.42. The topological polar surface area (TPSA) is 255 Å². The summed E-state index contributed by atoms with van der Waals surface area (Å²) in [6.45, 7) is 8.72. The summed E-state index contributed by atoms with van der Waals surface area (Å²) < 4.78 is 51.4. The summed E-state index contributed by atoms with van der Waals surface area (Å²) in [5, 5.41) is 60.2. The molecule has 1 radical (unpaired) electrons. The number of rotatable bonds is 10. The minimum atomic E-state index is -1.83. The largest absolute Gasteiger partial charge is 1.00 e. The first-order valence-electron chi connectivity index (χ1n) is 19.6. The molecular weight excluding hydrogens is 873 g/mol. The second kappa shape index (κ2) is 27.6. The summed E-state index contributed by atoms with van der Waals surface area (Å²) >= 11 is 0. The van der Waals surface area contributed by atoms with Crippen molar-refractivity contribution >= 4 is 57.3 Å². The van der Waals surface area contributed by atoms with Gasteiger partial charge in [-0.1, -0.05) is 102 Å². The average molecular weight is 934 g/mol. The molecule has 7 fully saturated rings. The maximum Gasteiger partial charge on any atom is 1.00 e. The van der Waals surface area contributed by atoms with Crippen LogP contribution in [0.1, 0.15) is 35.1 Å². The van der Waals surface area contributed by atoms with Crippen LogP contribution in [0.4, 0.5) is 0 Å². The molecule has 7 aliphatic heterocycles. The van der Waals surface area contributed by atoms with Crippen molar-refractivity contribution in [2.75, 3.05) is 79.3 Å². The molecule has 7 heterocycles. The number of fused-ring (bicyclic) bond motifs is 6. The minimum Gasteiger partial charge on any atom is -0.870 e. The summed E-state index contributed by atoms with van der Waals surface area (Å²) in [5.74, 6) is 0.432. The quantitative estimate of drug-likeness (QED) is 0.0933. The molecule has 7 aliphatic rings. The third-order valence-electron chi connectivity index (χ3n) is 10.8. The van der Waals surface area contributed by atoms with Crippen molar-refractivity contribution in [2.24, 2.45) is 21.7 Å². The Hall–Kier alpha value is 0.417. The van der Waals surface area contributed by atoms with E-state index in [1.807, 2.05) is 61.5 Å². The van der Waals surface area contributed by atoms with E-state index in [0.29, 0.717) is 71.8 Å². The van der Waals surface area contributed by atoms with E-state index in [1.165, 1.54) is 24.3 Å². The van der Waals surface area contributed by atoms with E-state index >= 15 is 0 Å². The van der Waals surface area contributed by atoms with Crippen LogP contribution in [-0.2, 0) is 37.2 Å². The van der Waals surface area contributed by atoms with E-state index in [1.54, 1.807) is 6.92 Å². The van der Waals surface area contributed by atoms with Crippen LogP contribution in [0, 0.1) is 21.7 Å². The predicted octanol–water partition coefficient (Wildman–Crippen LogP) is -7.72. The molecular formula is C39H61B5K2O17-. The van der Waals surface area contributed by atoms with Gasteiger partial charge >= 0.3 is 138 Å². The molecule has 10 rings (SSSR count). The van der Waals surface area contributed by atoms with E-state index in [2.05, 4.69) is 18.5 Å². The molecule has 0 saturated carbocycles. The van der Waals surface area contributed by atoms with Gasteiger partial charge in [-0.25, -0.2) is 0 Å². The molecule has 4 bridgehead atoms. The smallest absolute Gasteiger partial charge is 0.870 e. The molecule has 24 heteroatoms. The maximum atomic E-state index is 9.15. The van der Waals surface area contributed by atoms with E-state index in [-0.39, 0.29) is 165 Å². The van der Waals surface area contributed by atoms with Crippen LogP contribution in [0.15, 0.2) is 78.9 Å². The van der Waals surface area contributed by atoms with Crippen LogP contribution in [-0.4, -0.2) is 156 Å². The van der Waals surface area contributed by atoms with Crippen LogP contribution in [0.5, 0.6) is 5.75 Å². The molecule has 0 unspecified atom stereocenters. The van der Waals surface area contributed by atoms with Gasteiger partial charge in [0.15, 0.2) is 0 Å². The average Bonchev–Trinajstić information content (AvgIpc) is 3.28. The first-order chi connectivity index (χ1) is 28.1. The summed E-state index contributed by atoms with van der Waals surface area (Å²) in [5.41, 5.74) is 2.19. The molecule has 63 heavy (non-hydrogen) atoms. The molecule has 3 aromatic rings. The van der Waals surface area contributed by atoms with Gasteiger partial charge < -0.3 is 82.9 Å². The first kappa shape index (κ1) is 61.4. The third-order valence-corrected chi connectivity index (χ3v) is 10.8. The molecule has 0 amide bonds. The maximum absolute atomic E-state index is 9.15. The molecule has 0 aliphatic carbocycles. The van der Waals surface area contributed by atoms with Crippen molar-refractivity contribution in [1.29, 1.82) is 0 Å². The minimum absolute atomic E-state index is 0. The van der Waals surface area contributed by atoms with Crippen LogP contribution < -0.4 is 129 Å². The van der Waals surface area contributed by atoms with E-state index in [0.717, 1.165) is 16.4 Å². The number of benzene rings is 3. The standard InChI is InChI=1S/C16H22B2O6.C11H15BO3.C6H7B2O4.C5H12O3.CH4.2K.H2O/c1-15-7-19-17(20-8-15,21-9-15)13-3-5-14(6-4-13)18-22-10-16(2,11-23-18)12-24-18;1-11(7-13)8-14-12(15-9-11)10-5-3-2-4-6-10;9-7-12-6-3-1-5(2-4-6)8(10)11;1-5(2-6,3-7)4-8;;;;/h3-6H,7-12H2,1-2H3;2-6,13H,7-9H2,1H3;1-4,9-11H;6-8H,2-4H2,1H3;1H4;;;1H2/q-2;;;;;2*+1;/p-1. The zero-order chi connectivity index (χ0) is 42.8. The van der Waals surface area contributed by atoms with Crippen molar-refractivity contribution < 1.29 is 186 Å². The van der Waals surface area contributed by atoms with Crippen molar-refractivity contribution in [3.63, 3.8) is 0 Å². The van der Waals surface area contributed by atoms with Gasteiger partial charge in [0.2, 0.25) is 0 Å². The number of hydrogen-bond donors (Lipinski definition) is 7. The normalized spacial score (nSPS) is 26.0. The Kier molecular flexibility index (Phi) is 26.9. The monoisotopic (exact) mass is 934 g/mol. The molecule has 7 saturated heterocycles. The van der Waals surface area contributed by atoms with Gasteiger partial charge in [0.05, 0.1) is 32.2 Å². The van der Waals surface area contributed by atoms with E-state index < -0.39 is 26.0 Å². The van der Waals surface area contributed by atoms with Gasteiger partial charge in [0.1, 0.15) is 0 Å². The summed E-state index contributed by atoms with van der Waals surface area (Å²) in [6.07, 6.45) is 0. The van der Waals surface area contributed by atoms with Gasteiger partial charge in [0.25, 0.3) is 0 Å². The fourth-order valence-electron chi connectivity index (χ4n) is 6.42. The Morgan fingerprint density at radius 2 is 1.03 bits per heavy atom. The Labute approximate surface area is 457 Å². The SMILES string of the molecule is C.CC(CO)(CO)CO.CC1(CO)COB(c2ccccc2)OC1.CC12CO[B-](c3ccc([B-]45OCC(C)(CO4)CO5)cc3)(OC1)OC2.O[B]Oc1ccc(B(O)O)cc1.[K+].[K+].[OH-]. The fraction of sp³-hybridized carbons (Fsp3) is 0.538. The van der Waals surface area contributed by atoms with Crippen LogP contribution in [0.25, 0.3) is 0 Å². The van der Waals surface area contributed by atoms with Crippen molar-refractivity contribution in [1.82, 2.24) is 0 Å². The Balaban J connectivity index is 0.000000445. The Morgan fingerprint density at radius 1 is 0.651 bits per heavy atom. The Morgan fingerprint density at radius 3 is 1.33 bits per heavy atom. The molecule has 0 spiro atoms. The number of aliphatic hydroxyl groups is 4. The van der Waals surface area contributed by atoms with Crippen LogP contribution >= 0.6 is 0 Å². The van der Waals surface area contributed by atoms with Crippen molar-refractivity contribution in [2.45, 2.75) is 35.1 Å². The van der Waals surface area contributed by atoms with E-state index in [9.17, 15) is 0 Å². The molecule has 0 atom stereocenters. The predicted molar refractivity (Wildman–Crippen MR) is 231 cm³/mol. The third kappa shape index (κ3) is 16.5. The van der Waals surface area contributed by atoms with Gasteiger partial charge in [-0.2, -0.15) is 0 Å². The van der Waals surface area contributed by atoms with Gasteiger partial charge in [-0.15, -0.1) is 10.9 Å². The zero-order valence-electron chi connectivity index (χ0n) is 36.6. The van der Waals surface area contributed by atoms with E-state index in [4.69, 9.17) is 72.7 Å². The van der Waals surface area contributed by atoms with Gasteiger partial charge in [0, 0.05) is 74.5 Å². The van der Waals surface area contributed by atoms with Gasteiger partial charge in [-0.05, 0) is 23.1 Å². The zero-order valence-corrected chi connectivity index (χ0v) is 42.9. The molecule has 337 valence electrons. The molecule has 17 nitrogen and oxygen atoms in total. The second-order valence-electron chi connectivity index (χ2n) is 17.2. The van der Waals surface area contributed by atoms with Crippen LogP contribution in [0.2, 0.25) is 0 Å². The second-order valence-corrected chi connectivity index (χ2v) is 17.2. The molecule has 0 aromatic heterocycles. The number of aliphatic hydroxyl groups excluding tert-OH is 4. The summed E-state index contributed by atoms with van der Waals surface area (Å²) in [7, 11) is -1.20. The number of hydrogen-bond acceptors (Lipinski definition) is 17. The van der Waals surface area contributed by atoms with Crippen molar-refractivity contribution in [3.8, 4) is 5.75 Å². The van der Waals surface area contributed by atoms with Crippen molar-refractivity contribution in [3.05, 3.63) is 78.9 Å². The van der Waals surface area contributed by atoms with Gasteiger partial charge in [-0.3, -0.25) is 0 Å². The molecule has 8 N–H and O–H groups in total. The summed E-state index contributed by atoms with van der Waals surface area (Å²) in [6, 6.07) is 23.7. The van der Waals surface area contributed by atoms with Crippen LogP contribution in [0.3, 0.4) is 0 Å².